The number of hydrogen-bond acceptors (Lipinski definition) is 5. The molecule has 1 atom stereocenters. The molecule has 0 aliphatic carbocycles. The Morgan fingerprint density at radius 3 is 2.52 bits per heavy atom. The minimum atomic E-state index is -0.718. The van der Waals surface area contributed by atoms with Gasteiger partial charge in [0.25, 0.3) is 5.91 Å². The number of allylic oxidation sites excluding steroid dienone is 1. The Kier molecular flexibility index (Phi) is 7.40. The minimum absolute atomic E-state index is 0.0491. The normalized spacial score (nSPS) is 16.2. The van der Waals surface area contributed by atoms with E-state index in [1.165, 1.54) is 18.1 Å². The van der Waals surface area contributed by atoms with Gasteiger partial charge in [0, 0.05) is 13.7 Å². The molecule has 3 rings (SSSR count). The number of benzene rings is 2. The molecule has 2 aromatic rings. The molecule has 1 amide bonds. The van der Waals surface area contributed by atoms with Gasteiger partial charge in [-0.1, -0.05) is 61.2 Å². The zero-order valence-electron chi connectivity index (χ0n) is 17.4. The van der Waals surface area contributed by atoms with Crippen LogP contribution in [0.3, 0.4) is 0 Å². The number of ether oxygens (including phenoxy) is 2. The molecule has 0 radical (unpaired) electrons. The van der Waals surface area contributed by atoms with Gasteiger partial charge in [0.05, 0.1) is 18.2 Å². The van der Waals surface area contributed by atoms with Crippen LogP contribution < -0.4 is 4.74 Å². The van der Waals surface area contributed by atoms with Crippen LogP contribution >= 0.6 is 0 Å². The zero-order chi connectivity index (χ0) is 22.2. The van der Waals surface area contributed by atoms with Gasteiger partial charge in [-0.3, -0.25) is 9.59 Å². The van der Waals surface area contributed by atoms with Crippen molar-refractivity contribution < 1.29 is 24.2 Å². The molecular formula is C25H25NO5. The van der Waals surface area contributed by atoms with E-state index in [0.29, 0.717) is 17.9 Å². The summed E-state index contributed by atoms with van der Waals surface area (Å²) in [4.78, 5) is 27.2. The van der Waals surface area contributed by atoms with Crippen LogP contribution in [0.25, 0.3) is 6.08 Å². The summed E-state index contributed by atoms with van der Waals surface area (Å²) in [6.45, 7) is 4.50. The number of aliphatic hydroxyl groups is 1. The van der Waals surface area contributed by atoms with Crippen molar-refractivity contribution in [3.05, 3.63) is 95.8 Å². The Morgan fingerprint density at radius 2 is 1.87 bits per heavy atom. The molecule has 0 aromatic heterocycles. The highest BCUT2D eigenvalue weighted by Crippen LogP contribution is 2.38. The largest absolute Gasteiger partial charge is 0.503 e. The van der Waals surface area contributed by atoms with Gasteiger partial charge in [0.2, 0.25) is 0 Å². The highest BCUT2D eigenvalue weighted by molar-refractivity contribution is 6.14. The van der Waals surface area contributed by atoms with Crippen molar-refractivity contribution in [3.63, 3.8) is 0 Å². The third-order valence-corrected chi connectivity index (χ3v) is 4.90. The molecule has 31 heavy (non-hydrogen) atoms. The van der Waals surface area contributed by atoms with Crippen LogP contribution in [0.4, 0.5) is 0 Å². The first kappa shape index (κ1) is 22.1. The Hall–Kier alpha value is -3.64. The van der Waals surface area contributed by atoms with Crippen molar-refractivity contribution in [3.8, 4) is 5.75 Å². The summed E-state index contributed by atoms with van der Waals surface area (Å²) in [6.07, 6.45) is 4.68. The molecular weight excluding hydrogens is 394 g/mol. The number of hydrogen-bond donors (Lipinski definition) is 1. The minimum Gasteiger partial charge on any atom is -0.503 e. The number of carbonyl (C=O) groups is 2. The molecule has 1 unspecified atom stereocenters. The van der Waals surface area contributed by atoms with E-state index in [-0.39, 0.29) is 18.7 Å². The lowest BCUT2D eigenvalue weighted by Gasteiger charge is -2.26. The van der Waals surface area contributed by atoms with Crippen molar-refractivity contribution in [2.24, 2.45) is 0 Å². The molecule has 160 valence electrons. The van der Waals surface area contributed by atoms with Crippen LogP contribution in [0.2, 0.25) is 0 Å². The maximum atomic E-state index is 13.0. The predicted molar refractivity (Wildman–Crippen MR) is 119 cm³/mol. The van der Waals surface area contributed by atoms with Gasteiger partial charge >= 0.3 is 0 Å². The molecule has 1 heterocycles. The lowest BCUT2D eigenvalue weighted by molar-refractivity contribution is -0.130. The van der Waals surface area contributed by atoms with Gasteiger partial charge in [0.1, 0.15) is 12.4 Å². The molecule has 1 N–H and O–H groups in total. The third-order valence-electron chi connectivity index (χ3n) is 4.90. The maximum Gasteiger partial charge on any atom is 0.290 e. The standard InChI is InChI=1S/C25H25NO5/c1-3-16-31-20-12-10-19(11-13-20)23-22(24(28)25(29)26(23)15-17-30-2)21(27)14-9-18-7-5-4-6-8-18/h3-14,23,28H,1,15-17H2,2H3. The molecule has 1 aliphatic heterocycles. The number of amides is 1. The molecule has 0 bridgehead atoms. The monoisotopic (exact) mass is 419 g/mol. The summed E-state index contributed by atoms with van der Waals surface area (Å²) >= 11 is 0. The fraction of sp³-hybridized carbons (Fsp3) is 0.200. The number of aliphatic hydroxyl groups excluding tert-OH is 1. The van der Waals surface area contributed by atoms with E-state index in [1.54, 1.807) is 36.4 Å². The summed E-state index contributed by atoms with van der Waals surface area (Å²) in [5, 5.41) is 10.6. The number of nitrogens with zero attached hydrogens (tertiary/aromatic N) is 1. The summed E-state index contributed by atoms with van der Waals surface area (Å²) in [7, 11) is 1.53. The number of rotatable bonds is 10. The summed E-state index contributed by atoms with van der Waals surface area (Å²) in [6, 6.07) is 15.7. The number of methoxy groups -OCH3 is 1. The van der Waals surface area contributed by atoms with E-state index in [4.69, 9.17) is 9.47 Å². The Morgan fingerprint density at radius 1 is 1.16 bits per heavy atom. The van der Waals surface area contributed by atoms with Crippen LogP contribution in [-0.4, -0.2) is 48.6 Å². The third kappa shape index (κ3) is 5.10. The lowest BCUT2D eigenvalue weighted by Crippen LogP contribution is -2.33. The second-order valence-corrected chi connectivity index (χ2v) is 6.93. The molecule has 6 heteroatoms. The van der Waals surface area contributed by atoms with E-state index in [2.05, 4.69) is 6.58 Å². The average molecular weight is 419 g/mol. The van der Waals surface area contributed by atoms with Gasteiger partial charge in [0.15, 0.2) is 11.5 Å². The van der Waals surface area contributed by atoms with Crippen molar-refractivity contribution in [1.82, 2.24) is 4.90 Å². The molecule has 6 nitrogen and oxygen atoms in total. The Bertz CT molecular complexity index is 992. The predicted octanol–water partition coefficient (Wildman–Crippen LogP) is 3.88. The molecule has 0 saturated heterocycles. The van der Waals surface area contributed by atoms with Crippen LogP contribution in [0.1, 0.15) is 17.2 Å². The van der Waals surface area contributed by atoms with Crippen LogP contribution in [-0.2, 0) is 14.3 Å². The van der Waals surface area contributed by atoms with E-state index in [1.807, 2.05) is 30.3 Å². The highest BCUT2D eigenvalue weighted by atomic mass is 16.5. The average Bonchev–Trinajstić information content (AvgIpc) is 3.05. The SMILES string of the molecule is C=CCOc1ccc(C2C(C(=O)C=Cc3ccccc3)=C(O)C(=O)N2CCOC)cc1. The van der Waals surface area contributed by atoms with E-state index in [9.17, 15) is 14.7 Å². The van der Waals surface area contributed by atoms with E-state index in [0.717, 1.165) is 5.56 Å². The van der Waals surface area contributed by atoms with Crippen molar-refractivity contribution in [2.45, 2.75) is 6.04 Å². The molecule has 0 fully saturated rings. The maximum absolute atomic E-state index is 13.0. The van der Waals surface area contributed by atoms with Gasteiger partial charge in [-0.15, -0.1) is 0 Å². The van der Waals surface area contributed by atoms with Gasteiger partial charge in [-0.05, 0) is 29.3 Å². The van der Waals surface area contributed by atoms with Crippen molar-refractivity contribution in [1.29, 1.82) is 0 Å². The first-order valence-electron chi connectivity index (χ1n) is 9.91. The smallest absolute Gasteiger partial charge is 0.290 e. The highest BCUT2D eigenvalue weighted by Gasteiger charge is 2.42. The number of carbonyl (C=O) groups excluding carboxylic acids is 2. The van der Waals surface area contributed by atoms with Gasteiger partial charge in [-0.2, -0.15) is 0 Å². The van der Waals surface area contributed by atoms with Crippen molar-refractivity contribution in [2.75, 3.05) is 26.9 Å². The summed E-state index contributed by atoms with van der Waals surface area (Å²) < 4.78 is 10.6. The Balaban J connectivity index is 1.93. The topological polar surface area (TPSA) is 76.1 Å². The van der Waals surface area contributed by atoms with Crippen LogP contribution in [0.15, 0.2) is 84.7 Å². The van der Waals surface area contributed by atoms with Crippen LogP contribution in [0.5, 0.6) is 5.75 Å². The molecule has 0 saturated carbocycles. The fourth-order valence-corrected chi connectivity index (χ4v) is 3.40. The van der Waals surface area contributed by atoms with Gasteiger partial charge < -0.3 is 19.5 Å². The molecule has 0 spiro atoms. The quantitative estimate of drug-likeness (QED) is 0.467. The fourth-order valence-electron chi connectivity index (χ4n) is 3.40. The van der Waals surface area contributed by atoms with E-state index < -0.39 is 23.5 Å². The molecule has 1 aliphatic rings. The first-order chi connectivity index (χ1) is 15.1. The van der Waals surface area contributed by atoms with Crippen molar-refractivity contribution >= 4 is 17.8 Å². The second kappa shape index (κ2) is 10.4. The van der Waals surface area contributed by atoms with Gasteiger partial charge in [-0.25, -0.2) is 0 Å². The number of ketones is 1. The van der Waals surface area contributed by atoms with E-state index >= 15 is 0 Å². The zero-order valence-corrected chi connectivity index (χ0v) is 17.4. The Labute approximate surface area is 181 Å². The lowest BCUT2D eigenvalue weighted by atomic mass is 9.95. The second-order valence-electron chi connectivity index (χ2n) is 6.93. The van der Waals surface area contributed by atoms with Crippen LogP contribution in [0, 0.1) is 0 Å². The molecule has 2 aromatic carbocycles. The first-order valence-corrected chi connectivity index (χ1v) is 9.91. The summed E-state index contributed by atoms with van der Waals surface area (Å²) in [5.41, 5.74) is 1.58. The summed E-state index contributed by atoms with van der Waals surface area (Å²) in [5.74, 6) is -0.908.